The van der Waals surface area contributed by atoms with Gasteiger partial charge in [-0.3, -0.25) is 4.98 Å². The van der Waals surface area contributed by atoms with Crippen molar-refractivity contribution >= 4 is 0 Å². The van der Waals surface area contributed by atoms with Crippen LogP contribution in [0.25, 0.3) is 0 Å². The summed E-state index contributed by atoms with van der Waals surface area (Å²) in [6.07, 6.45) is 2.88. The minimum absolute atomic E-state index is 0.189. The van der Waals surface area contributed by atoms with Crippen molar-refractivity contribution in [1.82, 2.24) is 4.98 Å². The summed E-state index contributed by atoms with van der Waals surface area (Å²) in [5.74, 6) is 1.61. The zero-order valence-corrected chi connectivity index (χ0v) is 13.3. The summed E-state index contributed by atoms with van der Waals surface area (Å²) in [6.45, 7) is 9.07. The van der Waals surface area contributed by atoms with E-state index in [1.807, 2.05) is 25.1 Å². The molecule has 0 aliphatic rings. The highest BCUT2D eigenvalue weighted by Crippen LogP contribution is 2.30. The Morgan fingerprint density at radius 1 is 1.19 bits per heavy atom. The van der Waals surface area contributed by atoms with Gasteiger partial charge in [-0.1, -0.05) is 32.9 Å². The van der Waals surface area contributed by atoms with Gasteiger partial charge in [0.25, 0.3) is 0 Å². The Morgan fingerprint density at radius 3 is 2.43 bits per heavy atom. The summed E-state index contributed by atoms with van der Waals surface area (Å²) in [6, 6.07) is 10.2. The molecule has 0 amide bonds. The van der Waals surface area contributed by atoms with Crippen LogP contribution in [0.1, 0.15) is 44.0 Å². The van der Waals surface area contributed by atoms with Gasteiger partial charge in [-0.2, -0.15) is 0 Å². The van der Waals surface area contributed by atoms with E-state index in [9.17, 15) is 0 Å². The van der Waals surface area contributed by atoms with Crippen molar-refractivity contribution in [3.63, 3.8) is 0 Å². The molecule has 3 nitrogen and oxygen atoms in total. The first kappa shape index (κ1) is 15.5. The second-order valence-corrected chi connectivity index (χ2v) is 6.00. The van der Waals surface area contributed by atoms with Crippen LogP contribution in [0, 0.1) is 6.92 Å². The van der Waals surface area contributed by atoms with E-state index in [-0.39, 0.29) is 5.41 Å². The molecule has 2 rings (SSSR count). The van der Waals surface area contributed by atoms with Crippen LogP contribution in [0.5, 0.6) is 11.5 Å². The number of hydrogen-bond donors (Lipinski definition) is 1. The normalized spacial score (nSPS) is 11.5. The Kier molecular flexibility index (Phi) is 4.63. The quantitative estimate of drug-likeness (QED) is 0.889. The number of aromatic nitrogens is 1. The van der Waals surface area contributed by atoms with E-state index in [1.54, 1.807) is 6.20 Å². The third kappa shape index (κ3) is 3.61. The molecule has 0 saturated carbocycles. The first-order valence-electron chi connectivity index (χ1n) is 7.40. The standard InChI is InChI=1S/C18H24N2O/c1-5-18(3,4)15-6-8-16(9-7-15)21-17-10-13(2)20-12-14(17)11-19/h6-10,12H,5,11,19H2,1-4H3. The first-order valence-corrected chi connectivity index (χ1v) is 7.40. The number of ether oxygens (including phenoxy) is 1. The molecule has 0 fully saturated rings. The fourth-order valence-electron chi connectivity index (χ4n) is 2.12. The van der Waals surface area contributed by atoms with Crippen molar-refractivity contribution in [1.29, 1.82) is 0 Å². The minimum Gasteiger partial charge on any atom is -0.457 e. The average Bonchev–Trinajstić information content (AvgIpc) is 2.48. The van der Waals surface area contributed by atoms with Gasteiger partial charge in [0, 0.05) is 30.1 Å². The maximum atomic E-state index is 5.96. The molecule has 0 spiro atoms. The van der Waals surface area contributed by atoms with Crippen LogP contribution >= 0.6 is 0 Å². The Bertz CT molecular complexity index is 603. The highest BCUT2D eigenvalue weighted by atomic mass is 16.5. The average molecular weight is 284 g/mol. The highest BCUT2D eigenvalue weighted by Gasteiger charge is 2.17. The van der Waals surface area contributed by atoms with Crippen LogP contribution in [0.15, 0.2) is 36.5 Å². The van der Waals surface area contributed by atoms with Gasteiger partial charge in [-0.25, -0.2) is 0 Å². The first-order chi connectivity index (χ1) is 9.96. The molecule has 1 aromatic carbocycles. The lowest BCUT2D eigenvalue weighted by molar-refractivity contribution is 0.471. The molecule has 0 bridgehead atoms. The summed E-state index contributed by atoms with van der Waals surface area (Å²) >= 11 is 0. The molecule has 0 aliphatic carbocycles. The van der Waals surface area contributed by atoms with Crippen molar-refractivity contribution in [3.05, 3.63) is 53.3 Å². The third-order valence-corrected chi connectivity index (χ3v) is 4.05. The van der Waals surface area contributed by atoms with Crippen LogP contribution in [0.4, 0.5) is 0 Å². The molecule has 2 N–H and O–H groups in total. The van der Waals surface area contributed by atoms with Gasteiger partial charge in [-0.15, -0.1) is 0 Å². The van der Waals surface area contributed by atoms with E-state index >= 15 is 0 Å². The van der Waals surface area contributed by atoms with Gasteiger partial charge >= 0.3 is 0 Å². The van der Waals surface area contributed by atoms with E-state index in [0.29, 0.717) is 6.54 Å². The Labute approximate surface area is 127 Å². The molecular weight excluding hydrogens is 260 g/mol. The zero-order valence-electron chi connectivity index (χ0n) is 13.3. The number of benzene rings is 1. The van der Waals surface area contributed by atoms with Gasteiger partial charge < -0.3 is 10.5 Å². The Balaban J connectivity index is 2.23. The number of rotatable bonds is 5. The van der Waals surface area contributed by atoms with Gasteiger partial charge in [0.2, 0.25) is 0 Å². The second-order valence-electron chi connectivity index (χ2n) is 6.00. The second kappa shape index (κ2) is 6.27. The third-order valence-electron chi connectivity index (χ3n) is 4.05. The largest absolute Gasteiger partial charge is 0.457 e. The molecule has 0 unspecified atom stereocenters. The van der Waals surface area contributed by atoms with Crippen LogP contribution < -0.4 is 10.5 Å². The summed E-state index contributed by atoms with van der Waals surface area (Å²) in [7, 11) is 0. The summed E-state index contributed by atoms with van der Waals surface area (Å²) in [5.41, 5.74) is 9.08. The smallest absolute Gasteiger partial charge is 0.135 e. The molecule has 0 aliphatic heterocycles. The van der Waals surface area contributed by atoms with E-state index in [2.05, 4.69) is 37.9 Å². The molecule has 112 valence electrons. The van der Waals surface area contributed by atoms with E-state index < -0.39 is 0 Å². The number of nitrogens with zero attached hydrogens (tertiary/aromatic N) is 1. The van der Waals surface area contributed by atoms with Crippen molar-refractivity contribution < 1.29 is 4.74 Å². The fourth-order valence-corrected chi connectivity index (χ4v) is 2.12. The maximum Gasteiger partial charge on any atom is 0.135 e. The number of pyridine rings is 1. The van der Waals surface area contributed by atoms with Crippen LogP contribution in [0.2, 0.25) is 0 Å². The Morgan fingerprint density at radius 2 is 1.86 bits per heavy atom. The zero-order chi connectivity index (χ0) is 15.5. The highest BCUT2D eigenvalue weighted by molar-refractivity contribution is 5.39. The molecule has 21 heavy (non-hydrogen) atoms. The molecule has 0 atom stereocenters. The predicted molar refractivity (Wildman–Crippen MR) is 86.7 cm³/mol. The molecule has 1 heterocycles. The van der Waals surface area contributed by atoms with Crippen molar-refractivity contribution in [2.45, 2.75) is 46.1 Å². The van der Waals surface area contributed by atoms with Gasteiger partial charge in [-0.05, 0) is 36.5 Å². The summed E-state index contributed by atoms with van der Waals surface area (Å²) in [5, 5.41) is 0. The number of hydrogen-bond acceptors (Lipinski definition) is 3. The van der Waals surface area contributed by atoms with E-state index in [1.165, 1.54) is 5.56 Å². The predicted octanol–water partition coefficient (Wildman–Crippen LogP) is 4.33. The molecule has 3 heteroatoms. The minimum atomic E-state index is 0.189. The van der Waals surface area contributed by atoms with E-state index in [4.69, 9.17) is 10.5 Å². The monoisotopic (exact) mass is 284 g/mol. The molecule has 0 radical (unpaired) electrons. The van der Waals surface area contributed by atoms with Crippen molar-refractivity contribution in [2.75, 3.05) is 0 Å². The van der Waals surface area contributed by atoms with Gasteiger partial charge in [0.1, 0.15) is 11.5 Å². The number of nitrogens with two attached hydrogens (primary N) is 1. The lowest BCUT2D eigenvalue weighted by Crippen LogP contribution is -2.14. The SMILES string of the molecule is CCC(C)(C)c1ccc(Oc2cc(C)ncc2CN)cc1. The topological polar surface area (TPSA) is 48.1 Å². The van der Waals surface area contributed by atoms with E-state index in [0.717, 1.165) is 29.2 Å². The van der Waals surface area contributed by atoms with Crippen molar-refractivity contribution in [2.24, 2.45) is 5.73 Å². The van der Waals surface area contributed by atoms with Crippen LogP contribution in [-0.2, 0) is 12.0 Å². The maximum absolute atomic E-state index is 5.96. The molecular formula is C18H24N2O. The summed E-state index contributed by atoms with van der Waals surface area (Å²) < 4.78 is 5.96. The molecule has 1 aromatic heterocycles. The Hall–Kier alpha value is -1.87. The van der Waals surface area contributed by atoms with Crippen LogP contribution in [-0.4, -0.2) is 4.98 Å². The lowest BCUT2D eigenvalue weighted by atomic mass is 9.82. The van der Waals surface area contributed by atoms with Gasteiger partial charge in [0.15, 0.2) is 0 Å². The van der Waals surface area contributed by atoms with Crippen LogP contribution in [0.3, 0.4) is 0 Å². The lowest BCUT2D eigenvalue weighted by Gasteiger charge is -2.23. The van der Waals surface area contributed by atoms with Crippen molar-refractivity contribution in [3.8, 4) is 11.5 Å². The summed E-state index contributed by atoms with van der Waals surface area (Å²) in [4.78, 5) is 4.25. The number of aryl methyl sites for hydroxylation is 1. The molecule has 0 saturated heterocycles. The van der Waals surface area contributed by atoms with Gasteiger partial charge in [0.05, 0.1) is 0 Å². The fraction of sp³-hybridized carbons (Fsp3) is 0.389. The molecule has 2 aromatic rings.